The predicted octanol–water partition coefficient (Wildman–Crippen LogP) is 5.05. The van der Waals surface area contributed by atoms with Crippen LogP contribution in [-0.2, 0) is 80.8 Å². The van der Waals surface area contributed by atoms with Crippen LogP contribution < -0.4 is 0 Å². The van der Waals surface area contributed by atoms with Gasteiger partial charge in [-0.3, -0.25) is 48.2 Å². The Morgan fingerprint density at radius 2 is 0.781 bits per heavy atom. The molecule has 5 aliphatic heterocycles. The van der Waals surface area contributed by atoms with E-state index in [1.165, 1.54) is 91.0 Å². The number of rotatable bonds is 22. The molecule has 5 heterocycles. The molecule has 4 amide bonds. The summed E-state index contributed by atoms with van der Waals surface area (Å²) < 4.78 is 81.4. The molecule has 5 aromatic rings. The van der Waals surface area contributed by atoms with Crippen LogP contribution >= 0.6 is 0 Å². The first-order valence-electron chi connectivity index (χ1n) is 30.4. The minimum atomic E-state index is -2.22. The van der Waals surface area contributed by atoms with Crippen LogP contribution in [0.2, 0.25) is 0 Å². The standard InChI is InChI=1S/C69H68N2O25/c1-9-30-84-67-52(71-62(79)46-16-12-13-17-47(46)63(71)80)57(55(88-39(7)75)50(91-67)33-86-68-51(70-60(77)44-14-10-11-15-45(44)61(70)78)56(89-40(8)76)54(87-38(6)74)49(92-68)32-85-37(5)73)96-69-59(95-66(83)43-28-22-36(4)23-29-43)58(94-65(82)42-26-20-35(3)21-27-42)53(48(31-72)90-69)93-64(81)41-24-18-34(2)19-25-41/h9-29,48-59,67-69,72H,1,30-33H2,2-8H3/t48-,49-,50-,51-,52-,53-,54+,55+,56-,57-,58+,59-,67-,68-,69+/m1/s1. The van der Waals surface area contributed by atoms with E-state index in [1.54, 1.807) is 57.2 Å². The summed E-state index contributed by atoms with van der Waals surface area (Å²) in [5, 5.41) is 11.4. The summed E-state index contributed by atoms with van der Waals surface area (Å²) in [7, 11) is 0. The van der Waals surface area contributed by atoms with Gasteiger partial charge in [-0.25, -0.2) is 14.4 Å². The zero-order valence-electron chi connectivity index (χ0n) is 53.0. The molecule has 96 heavy (non-hydrogen) atoms. The SMILES string of the molecule is C=CCO[C@@H]1O[C@H](CO[C@@H]2O[C@H](COC(C)=O)[C@H](OC(C)=O)[C@H](OC(C)=O)[C@H]2N2C(=O)c3ccccc3C2=O)[C@H](OC(C)=O)[C@H](O[C@@H]2O[C@H](CO)[C@@H](OC(=O)c3ccc(C)cc3)[C@H](OC(=O)c3ccc(C)cc3)[C@H]2OC(=O)c2ccc(C)cc2)[C@H]1N1C(=O)c2ccccc2C1=O. The molecule has 27 nitrogen and oxygen atoms in total. The van der Waals surface area contributed by atoms with Crippen LogP contribution in [0.4, 0.5) is 0 Å². The van der Waals surface area contributed by atoms with Crippen molar-refractivity contribution in [2.45, 2.75) is 140 Å². The molecule has 0 saturated carbocycles. The van der Waals surface area contributed by atoms with Gasteiger partial charge in [0.1, 0.15) is 43.1 Å². The number of benzene rings is 5. The maximum absolute atomic E-state index is 15.0. The van der Waals surface area contributed by atoms with Crippen molar-refractivity contribution in [3.8, 4) is 0 Å². The Kier molecular flexibility index (Phi) is 21.4. The van der Waals surface area contributed by atoms with E-state index in [0.29, 0.717) is 4.90 Å². The molecule has 504 valence electrons. The fourth-order valence-electron chi connectivity index (χ4n) is 11.9. The number of nitrogens with zero attached hydrogens (tertiary/aromatic N) is 2. The van der Waals surface area contributed by atoms with Crippen molar-refractivity contribution in [1.82, 2.24) is 9.80 Å². The quantitative estimate of drug-likeness (QED) is 0.0410. The average molecular weight is 1330 g/mol. The Bertz CT molecular complexity index is 3750. The molecular formula is C69H68N2O25. The maximum Gasteiger partial charge on any atom is 0.338 e. The van der Waals surface area contributed by atoms with Crippen LogP contribution in [0.15, 0.2) is 134 Å². The first-order chi connectivity index (χ1) is 46.0. The molecule has 27 heteroatoms. The smallest absolute Gasteiger partial charge is 0.338 e. The van der Waals surface area contributed by atoms with Crippen LogP contribution in [0.3, 0.4) is 0 Å². The predicted molar refractivity (Wildman–Crippen MR) is 326 cm³/mol. The summed E-state index contributed by atoms with van der Waals surface area (Å²) in [5.41, 5.74) is 1.75. The molecule has 0 radical (unpaired) electrons. The van der Waals surface area contributed by atoms with E-state index in [4.69, 9.17) is 61.6 Å². The number of amides is 4. The van der Waals surface area contributed by atoms with Crippen molar-refractivity contribution in [2.24, 2.45) is 0 Å². The van der Waals surface area contributed by atoms with Gasteiger partial charge >= 0.3 is 41.8 Å². The zero-order chi connectivity index (χ0) is 68.8. The van der Waals surface area contributed by atoms with Gasteiger partial charge in [-0.2, -0.15) is 0 Å². The molecule has 3 saturated heterocycles. The minimum absolute atomic E-state index is 0.00112. The van der Waals surface area contributed by atoms with Crippen molar-refractivity contribution in [3.05, 3.63) is 190 Å². The zero-order valence-corrected chi connectivity index (χ0v) is 53.0. The topological polar surface area (TPSA) is 334 Å². The number of aryl methyl sites for hydroxylation is 3. The van der Waals surface area contributed by atoms with Crippen LogP contribution in [0.1, 0.15) is 117 Å². The summed E-state index contributed by atoms with van der Waals surface area (Å²) in [6.45, 7) is 10.0. The second kappa shape index (κ2) is 29.8. The third kappa shape index (κ3) is 14.8. The number of hydrogen-bond donors (Lipinski definition) is 1. The Labute approximate surface area is 549 Å². The molecule has 5 aromatic carbocycles. The highest BCUT2D eigenvalue weighted by atomic mass is 16.8. The molecule has 0 aliphatic carbocycles. The van der Waals surface area contributed by atoms with E-state index >= 15 is 9.59 Å². The number of hydrogen-bond acceptors (Lipinski definition) is 25. The fraction of sp³-hybridized carbons (Fsp3) is 0.377. The average Bonchev–Trinajstić information content (AvgIpc) is 1.47. The first kappa shape index (κ1) is 69.0. The Hall–Kier alpha value is -9.87. The van der Waals surface area contributed by atoms with Crippen molar-refractivity contribution in [1.29, 1.82) is 0 Å². The van der Waals surface area contributed by atoms with Crippen molar-refractivity contribution in [2.75, 3.05) is 26.4 Å². The monoisotopic (exact) mass is 1320 g/mol. The number of carbonyl (C=O) groups excluding carboxylic acids is 11. The Morgan fingerprint density at radius 3 is 1.19 bits per heavy atom. The number of esters is 7. The van der Waals surface area contributed by atoms with Crippen LogP contribution in [-0.4, -0.2) is 199 Å². The highest BCUT2D eigenvalue weighted by Crippen LogP contribution is 2.41. The summed E-state index contributed by atoms with van der Waals surface area (Å²) in [4.78, 5) is 157. The summed E-state index contributed by atoms with van der Waals surface area (Å²) in [5.74, 6) is -10.9. The molecule has 5 aliphatic rings. The molecule has 1 N–H and O–H groups in total. The minimum Gasteiger partial charge on any atom is -0.463 e. The van der Waals surface area contributed by atoms with Gasteiger partial charge < -0.3 is 66.7 Å². The van der Waals surface area contributed by atoms with Gasteiger partial charge in [-0.1, -0.05) is 83.4 Å². The second-order valence-corrected chi connectivity index (χ2v) is 23.1. The third-order valence-electron chi connectivity index (χ3n) is 16.3. The van der Waals surface area contributed by atoms with Gasteiger partial charge in [0.2, 0.25) is 0 Å². The highest BCUT2D eigenvalue weighted by molar-refractivity contribution is 6.22. The Balaban J connectivity index is 1.13. The number of fused-ring (bicyclic) bond motifs is 2. The van der Waals surface area contributed by atoms with Gasteiger partial charge in [0.05, 0.1) is 58.8 Å². The van der Waals surface area contributed by atoms with Crippen molar-refractivity contribution in [3.63, 3.8) is 0 Å². The van der Waals surface area contributed by atoms with Gasteiger partial charge in [-0.15, -0.1) is 6.58 Å². The first-order valence-corrected chi connectivity index (χ1v) is 30.4. The van der Waals surface area contributed by atoms with E-state index in [-0.39, 0.29) is 38.9 Å². The number of aliphatic hydroxyl groups is 1. The van der Waals surface area contributed by atoms with Crippen LogP contribution in [0, 0.1) is 20.8 Å². The van der Waals surface area contributed by atoms with E-state index < -0.39 is 184 Å². The molecule has 0 spiro atoms. The lowest BCUT2D eigenvalue weighted by Gasteiger charge is -2.51. The number of aliphatic hydroxyl groups excluding tert-OH is 1. The molecule has 0 bridgehead atoms. The molecule has 10 rings (SSSR count). The summed E-state index contributed by atoms with van der Waals surface area (Å²) in [6, 6.07) is 25.9. The number of carbonyl (C=O) groups is 11. The van der Waals surface area contributed by atoms with Gasteiger partial charge in [-0.05, 0) is 81.4 Å². The van der Waals surface area contributed by atoms with E-state index in [1.807, 2.05) is 0 Å². The molecule has 15 atom stereocenters. The van der Waals surface area contributed by atoms with Crippen LogP contribution in [0.5, 0.6) is 0 Å². The van der Waals surface area contributed by atoms with Gasteiger partial charge in [0.25, 0.3) is 23.6 Å². The third-order valence-corrected chi connectivity index (χ3v) is 16.3. The van der Waals surface area contributed by atoms with Crippen LogP contribution in [0.25, 0.3) is 0 Å². The number of imide groups is 2. The summed E-state index contributed by atoms with van der Waals surface area (Å²) >= 11 is 0. The molecule has 0 unspecified atom stereocenters. The lowest BCUT2D eigenvalue weighted by atomic mass is 9.93. The lowest BCUT2D eigenvalue weighted by Crippen LogP contribution is -2.70. The largest absolute Gasteiger partial charge is 0.463 e. The van der Waals surface area contributed by atoms with E-state index in [2.05, 4.69) is 6.58 Å². The van der Waals surface area contributed by atoms with Gasteiger partial charge in [0.15, 0.2) is 55.5 Å². The molecular weight excluding hydrogens is 1260 g/mol. The van der Waals surface area contributed by atoms with Gasteiger partial charge in [0, 0.05) is 27.7 Å². The fourth-order valence-corrected chi connectivity index (χ4v) is 11.9. The molecule has 3 fully saturated rings. The normalized spacial score (nSPS) is 26.8. The van der Waals surface area contributed by atoms with E-state index in [0.717, 1.165) is 49.3 Å². The maximum atomic E-state index is 15.0. The number of ether oxygens (including phenoxy) is 13. The van der Waals surface area contributed by atoms with Crippen molar-refractivity contribution < 1.29 is 119 Å². The second-order valence-electron chi connectivity index (χ2n) is 23.1. The van der Waals surface area contributed by atoms with Crippen molar-refractivity contribution >= 4 is 65.4 Å². The summed E-state index contributed by atoms with van der Waals surface area (Å²) in [6.07, 6.45) is -23.8. The Morgan fingerprint density at radius 1 is 0.427 bits per heavy atom. The lowest BCUT2D eigenvalue weighted by molar-refractivity contribution is -0.352. The van der Waals surface area contributed by atoms with E-state index in [9.17, 15) is 48.3 Å². The molecule has 0 aromatic heterocycles. The highest BCUT2D eigenvalue weighted by Gasteiger charge is 2.62.